The van der Waals surface area contributed by atoms with Gasteiger partial charge in [0.2, 0.25) is 0 Å². The summed E-state index contributed by atoms with van der Waals surface area (Å²) in [5.41, 5.74) is 2.10. The van der Waals surface area contributed by atoms with E-state index in [0.29, 0.717) is 6.04 Å². The first-order valence-corrected chi connectivity index (χ1v) is 11.7. The maximum absolute atomic E-state index is 13.5. The van der Waals surface area contributed by atoms with Crippen molar-refractivity contribution < 1.29 is 9.53 Å². The molecule has 4 rings (SSSR count). The van der Waals surface area contributed by atoms with Gasteiger partial charge in [-0.05, 0) is 56.9 Å². The third-order valence-corrected chi connectivity index (χ3v) is 7.17. The van der Waals surface area contributed by atoms with E-state index in [-0.39, 0.29) is 11.6 Å². The van der Waals surface area contributed by atoms with Crippen LogP contribution in [0, 0.1) is 0 Å². The van der Waals surface area contributed by atoms with Crippen LogP contribution in [0.5, 0.6) is 0 Å². The predicted octanol–water partition coefficient (Wildman–Crippen LogP) is 5.41. The van der Waals surface area contributed by atoms with Crippen LogP contribution in [0.1, 0.15) is 71.1 Å². The lowest BCUT2D eigenvalue weighted by atomic mass is 9.79. The van der Waals surface area contributed by atoms with Crippen LogP contribution < -0.4 is 10.2 Å². The molecule has 1 heterocycles. The van der Waals surface area contributed by atoms with Gasteiger partial charge in [-0.25, -0.2) is 4.79 Å². The number of hydrogen-bond donors (Lipinski definition) is 1. The van der Waals surface area contributed by atoms with E-state index in [9.17, 15) is 4.79 Å². The largest absolute Gasteiger partial charge is 0.378 e. The number of urea groups is 1. The van der Waals surface area contributed by atoms with Gasteiger partial charge in [-0.1, -0.05) is 38.5 Å². The average molecular weight is 400 g/mol. The van der Waals surface area contributed by atoms with Gasteiger partial charge in [-0.2, -0.15) is 0 Å². The minimum atomic E-state index is -0.00190. The fourth-order valence-electron chi connectivity index (χ4n) is 5.51. The Bertz CT molecular complexity index is 657. The summed E-state index contributed by atoms with van der Waals surface area (Å²) in [6.45, 7) is 5.75. The third-order valence-electron chi connectivity index (χ3n) is 7.17. The lowest BCUT2D eigenvalue weighted by Gasteiger charge is -2.49. The van der Waals surface area contributed by atoms with Gasteiger partial charge in [0.1, 0.15) is 0 Å². The molecule has 5 nitrogen and oxygen atoms in total. The molecule has 2 amide bonds. The highest BCUT2D eigenvalue weighted by molar-refractivity contribution is 5.90. The van der Waals surface area contributed by atoms with Crippen molar-refractivity contribution in [2.24, 2.45) is 0 Å². The van der Waals surface area contributed by atoms with Gasteiger partial charge < -0.3 is 19.9 Å². The molecule has 1 N–H and O–H groups in total. The quantitative estimate of drug-likeness (QED) is 0.736. The van der Waals surface area contributed by atoms with Crippen LogP contribution in [-0.4, -0.2) is 48.8 Å². The van der Waals surface area contributed by atoms with Gasteiger partial charge in [-0.3, -0.25) is 0 Å². The maximum Gasteiger partial charge on any atom is 0.322 e. The van der Waals surface area contributed by atoms with Crippen molar-refractivity contribution in [1.82, 2.24) is 4.90 Å². The molecular formula is C24H37N3O2. The van der Waals surface area contributed by atoms with Gasteiger partial charge >= 0.3 is 6.03 Å². The Morgan fingerprint density at radius 2 is 1.62 bits per heavy atom. The normalized spacial score (nSPS) is 22.9. The number of carbonyl (C=O) groups excluding carboxylic acids is 1. The molecular weight excluding hydrogens is 362 g/mol. The molecule has 0 radical (unpaired) electrons. The van der Waals surface area contributed by atoms with Crippen molar-refractivity contribution >= 4 is 17.4 Å². The Morgan fingerprint density at radius 1 is 1.00 bits per heavy atom. The highest BCUT2D eigenvalue weighted by Crippen LogP contribution is 2.38. The van der Waals surface area contributed by atoms with Crippen LogP contribution in [0.2, 0.25) is 0 Å². The summed E-state index contributed by atoms with van der Waals surface area (Å²) < 4.78 is 5.44. The first kappa shape index (κ1) is 20.5. The van der Waals surface area contributed by atoms with Crippen LogP contribution in [0.4, 0.5) is 16.2 Å². The smallest absolute Gasteiger partial charge is 0.322 e. The molecule has 160 valence electrons. The van der Waals surface area contributed by atoms with Gasteiger partial charge in [0.25, 0.3) is 0 Å². The minimum Gasteiger partial charge on any atom is -0.378 e. The lowest BCUT2D eigenvalue weighted by Crippen LogP contribution is -2.57. The van der Waals surface area contributed by atoms with E-state index >= 15 is 0 Å². The second-order valence-electron chi connectivity index (χ2n) is 9.30. The van der Waals surface area contributed by atoms with E-state index in [4.69, 9.17) is 4.74 Å². The standard InChI is InChI=1S/C24H37N3O2/c1-24(14-6-3-7-15-24)27(22-8-4-2-5-9-22)23(28)25-20-10-12-21(13-11-20)26-16-18-29-19-17-26/h10-13,22H,2-9,14-19H2,1H3,(H,25,28). The zero-order chi connectivity index (χ0) is 20.1. The van der Waals surface area contributed by atoms with Crippen molar-refractivity contribution in [3.8, 4) is 0 Å². The number of anilines is 2. The average Bonchev–Trinajstić information content (AvgIpc) is 2.76. The lowest BCUT2D eigenvalue weighted by molar-refractivity contribution is 0.0513. The van der Waals surface area contributed by atoms with E-state index in [1.807, 2.05) is 12.1 Å². The topological polar surface area (TPSA) is 44.8 Å². The number of carbonyl (C=O) groups is 1. The van der Waals surface area contributed by atoms with E-state index in [1.165, 1.54) is 44.2 Å². The second-order valence-corrected chi connectivity index (χ2v) is 9.30. The molecule has 0 unspecified atom stereocenters. The van der Waals surface area contributed by atoms with E-state index in [0.717, 1.165) is 57.7 Å². The van der Waals surface area contributed by atoms with Crippen LogP contribution in [0.15, 0.2) is 24.3 Å². The number of morpholine rings is 1. The van der Waals surface area contributed by atoms with Gasteiger partial charge in [-0.15, -0.1) is 0 Å². The van der Waals surface area contributed by atoms with E-state index in [1.54, 1.807) is 0 Å². The zero-order valence-electron chi connectivity index (χ0n) is 18.0. The Morgan fingerprint density at radius 3 is 2.28 bits per heavy atom. The molecule has 1 aliphatic heterocycles. The molecule has 1 saturated heterocycles. The summed E-state index contributed by atoms with van der Waals surface area (Å²) >= 11 is 0. The molecule has 2 aliphatic carbocycles. The summed E-state index contributed by atoms with van der Waals surface area (Å²) in [4.78, 5) is 18.1. The molecule has 3 aliphatic rings. The fourth-order valence-corrected chi connectivity index (χ4v) is 5.51. The number of amides is 2. The van der Waals surface area contributed by atoms with Gasteiger partial charge in [0, 0.05) is 36.0 Å². The number of benzene rings is 1. The minimum absolute atomic E-state index is 0.00190. The summed E-state index contributed by atoms with van der Waals surface area (Å²) in [7, 11) is 0. The Kier molecular flexibility index (Phi) is 6.63. The molecule has 0 spiro atoms. The Labute approximate surface area is 175 Å². The molecule has 1 aromatic rings. The van der Waals surface area contributed by atoms with Crippen LogP contribution in [0.25, 0.3) is 0 Å². The Hall–Kier alpha value is -1.75. The first-order chi connectivity index (χ1) is 14.2. The van der Waals surface area contributed by atoms with Crippen LogP contribution in [0.3, 0.4) is 0 Å². The fraction of sp³-hybridized carbons (Fsp3) is 0.708. The predicted molar refractivity (Wildman–Crippen MR) is 119 cm³/mol. The highest BCUT2D eigenvalue weighted by atomic mass is 16.5. The second kappa shape index (κ2) is 9.38. The molecule has 1 aromatic carbocycles. The molecule has 29 heavy (non-hydrogen) atoms. The summed E-state index contributed by atoms with van der Waals surface area (Å²) in [5.74, 6) is 0. The molecule has 2 saturated carbocycles. The van der Waals surface area contributed by atoms with Gasteiger partial charge in [0.05, 0.1) is 13.2 Å². The number of rotatable bonds is 4. The summed E-state index contributed by atoms with van der Waals surface area (Å²) in [6, 6.07) is 8.82. The summed E-state index contributed by atoms with van der Waals surface area (Å²) in [6.07, 6.45) is 12.2. The first-order valence-electron chi connectivity index (χ1n) is 11.7. The third kappa shape index (κ3) is 4.88. The van der Waals surface area contributed by atoms with Gasteiger partial charge in [0.15, 0.2) is 0 Å². The number of nitrogens with one attached hydrogen (secondary N) is 1. The molecule has 3 fully saturated rings. The monoisotopic (exact) mass is 399 g/mol. The number of ether oxygens (including phenoxy) is 1. The molecule has 0 aromatic heterocycles. The van der Waals surface area contributed by atoms with Crippen molar-refractivity contribution in [2.75, 3.05) is 36.5 Å². The van der Waals surface area contributed by atoms with Crippen molar-refractivity contribution in [3.63, 3.8) is 0 Å². The van der Waals surface area contributed by atoms with Crippen molar-refractivity contribution in [1.29, 1.82) is 0 Å². The molecule has 0 bridgehead atoms. The zero-order valence-corrected chi connectivity index (χ0v) is 18.0. The number of hydrogen-bond acceptors (Lipinski definition) is 3. The van der Waals surface area contributed by atoms with Crippen LogP contribution >= 0.6 is 0 Å². The van der Waals surface area contributed by atoms with E-state index < -0.39 is 0 Å². The Balaban J connectivity index is 1.46. The maximum atomic E-state index is 13.5. The van der Waals surface area contributed by atoms with Crippen LogP contribution in [-0.2, 0) is 4.74 Å². The van der Waals surface area contributed by atoms with Crippen molar-refractivity contribution in [2.45, 2.75) is 82.7 Å². The molecule has 5 heteroatoms. The summed E-state index contributed by atoms with van der Waals surface area (Å²) in [5, 5.41) is 3.24. The van der Waals surface area contributed by atoms with Crippen molar-refractivity contribution in [3.05, 3.63) is 24.3 Å². The SMILES string of the molecule is CC1(N(C(=O)Nc2ccc(N3CCOCC3)cc2)C2CCCCC2)CCCCC1. The highest BCUT2D eigenvalue weighted by Gasteiger charge is 2.40. The number of nitrogens with zero attached hydrogens (tertiary/aromatic N) is 2. The molecule has 0 atom stereocenters. The van der Waals surface area contributed by atoms with E-state index in [2.05, 4.69) is 34.2 Å².